The molecule has 1 unspecified atom stereocenters. The molecule has 8 heteroatoms. The summed E-state index contributed by atoms with van der Waals surface area (Å²) in [7, 11) is 0. The van der Waals surface area contributed by atoms with E-state index in [0.29, 0.717) is 29.5 Å². The minimum Gasteiger partial charge on any atom is -0.335 e. The number of imidazole rings is 1. The zero-order valence-electron chi connectivity index (χ0n) is 18.2. The fourth-order valence-electron chi connectivity index (χ4n) is 4.18. The van der Waals surface area contributed by atoms with Crippen LogP contribution in [0.5, 0.6) is 0 Å². The molecular weight excluding hydrogens is 414 g/mol. The Balaban J connectivity index is 1.37. The lowest BCUT2D eigenvalue weighted by Crippen LogP contribution is -2.21. The minimum atomic E-state index is 0.0532. The van der Waals surface area contributed by atoms with Gasteiger partial charge in [0, 0.05) is 24.2 Å². The van der Waals surface area contributed by atoms with E-state index in [4.69, 9.17) is 4.98 Å². The van der Waals surface area contributed by atoms with Crippen molar-refractivity contribution in [1.82, 2.24) is 35.5 Å². The number of carbonyl (C=O) groups excluding carboxylic acids is 1. The molecule has 2 aliphatic carbocycles. The van der Waals surface area contributed by atoms with Crippen molar-refractivity contribution in [3.63, 3.8) is 0 Å². The Labute approximate surface area is 189 Å². The number of hydrogen-bond donors (Lipinski definition) is 3. The van der Waals surface area contributed by atoms with Crippen LogP contribution in [0.4, 0.5) is 0 Å². The molecular formula is C25H23N7O. The van der Waals surface area contributed by atoms with Crippen molar-refractivity contribution in [1.29, 1.82) is 0 Å². The molecule has 0 bridgehead atoms. The smallest absolute Gasteiger partial charge is 0.224 e. The second kappa shape index (κ2) is 7.81. The molecule has 1 amide bonds. The van der Waals surface area contributed by atoms with Crippen molar-refractivity contribution < 1.29 is 4.79 Å². The third-order valence-electron chi connectivity index (χ3n) is 6.03. The van der Waals surface area contributed by atoms with Crippen LogP contribution in [0.2, 0.25) is 0 Å². The molecule has 4 aromatic rings. The summed E-state index contributed by atoms with van der Waals surface area (Å²) in [4.78, 5) is 29.4. The van der Waals surface area contributed by atoms with E-state index in [9.17, 15) is 4.79 Å². The van der Waals surface area contributed by atoms with Crippen molar-refractivity contribution in [3.8, 4) is 11.5 Å². The maximum absolute atomic E-state index is 12.3. The number of aromatic nitrogens is 6. The van der Waals surface area contributed by atoms with Crippen molar-refractivity contribution in [2.45, 2.75) is 32.6 Å². The summed E-state index contributed by atoms with van der Waals surface area (Å²) in [6.07, 6.45) is 11.5. The van der Waals surface area contributed by atoms with E-state index in [1.54, 1.807) is 6.20 Å². The number of unbranched alkanes of at least 4 members (excludes halogenated alkanes) is 1. The molecule has 0 spiro atoms. The van der Waals surface area contributed by atoms with E-state index in [1.807, 2.05) is 30.3 Å². The summed E-state index contributed by atoms with van der Waals surface area (Å²) in [5.41, 5.74) is 7.72. The zero-order valence-corrected chi connectivity index (χ0v) is 18.2. The lowest BCUT2D eigenvalue weighted by Gasteiger charge is -2.08. The van der Waals surface area contributed by atoms with Gasteiger partial charge in [0.15, 0.2) is 17.2 Å². The number of nitrogens with zero attached hydrogens (tertiary/aromatic N) is 4. The van der Waals surface area contributed by atoms with Crippen LogP contribution in [0.25, 0.3) is 39.3 Å². The summed E-state index contributed by atoms with van der Waals surface area (Å²) in [6, 6.07) is 7.77. The molecule has 164 valence electrons. The van der Waals surface area contributed by atoms with Crippen LogP contribution in [-0.2, 0) is 4.79 Å². The Kier molecular flexibility index (Phi) is 4.64. The highest BCUT2D eigenvalue weighted by molar-refractivity contribution is 5.91. The molecule has 0 saturated heterocycles. The number of amides is 1. The molecule has 33 heavy (non-hydrogen) atoms. The van der Waals surface area contributed by atoms with Gasteiger partial charge in [-0.2, -0.15) is 5.10 Å². The number of rotatable bonds is 6. The number of hydrogen-bond acceptors (Lipinski definition) is 5. The number of H-pyrrole nitrogens is 2. The van der Waals surface area contributed by atoms with Gasteiger partial charge in [-0.3, -0.25) is 9.89 Å². The van der Waals surface area contributed by atoms with Crippen LogP contribution >= 0.6 is 0 Å². The summed E-state index contributed by atoms with van der Waals surface area (Å²) in [5, 5.41) is 10.6. The molecule has 1 fully saturated rings. The number of allylic oxidation sites excluding steroid dienone is 5. The molecule has 4 heterocycles. The fraction of sp³-hybridized carbons (Fsp3) is 0.240. The molecule has 0 aromatic carbocycles. The molecule has 3 N–H and O–H groups in total. The second-order valence-corrected chi connectivity index (χ2v) is 8.53. The van der Waals surface area contributed by atoms with E-state index < -0.39 is 0 Å². The lowest BCUT2D eigenvalue weighted by atomic mass is 10.1. The van der Waals surface area contributed by atoms with Gasteiger partial charge in [-0.05, 0) is 54.8 Å². The zero-order chi connectivity index (χ0) is 22.4. The van der Waals surface area contributed by atoms with Gasteiger partial charge in [0.2, 0.25) is 5.91 Å². The average molecular weight is 438 g/mol. The van der Waals surface area contributed by atoms with E-state index in [0.717, 1.165) is 52.8 Å². The second-order valence-electron chi connectivity index (χ2n) is 8.53. The number of fused-ring (bicyclic) bond motifs is 3. The standard InChI is InChI=1S/C25H23N7O/c1-2-3-6-21(33)27-17-12-15-10-14(15)11-16(13-17)18-7-8-19-22(28-18)23(32-31-19)25-29-20-5-4-9-26-24(20)30-25/h4-5,7-9,11-14H,2-3,6,10H2,1H3,(H,27,33)(H,31,32)(H,26,29,30). The van der Waals surface area contributed by atoms with Gasteiger partial charge in [-0.15, -0.1) is 0 Å². The fourth-order valence-corrected chi connectivity index (χ4v) is 4.18. The van der Waals surface area contributed by atoms with Gasteiger partial charge >= 0.3 is 0 Å². The molecule has 1 atom stereocenters. The molecule has 4 aromatic heterocycles. The Bertz CT molecular complexity index is 1450. The molecule has 6 rings (SSSR count). The van der Waals surface area contributed by atoms with Gasteiger partial charge in [-0.1, -0.05) is 25.0 Å². The Morgan fingerprint density at radius 2 is 2.12 bits per heavy atom. The van der Waals surface area contributed by atoms with Crippen molar-refractivity contribution in [3.05, 3.63) is 65.7 Å². The third-order valence-corrected chi connectivity index (χ3v) is 6.03. The van der Waals surface area contributed by atoms with Gasteiger partial charge < -0.3 is 10.3 Å². The molecule has 1 saturated carbocycles. The first-order chi connectivity index (χ1) is 16.2. The lowest BCUT2D eigenvalue weighted by molar-refractivity contribution is -0.120. The van der Waals surface area contributed by atoms with Crippen molar-refractivity contribution in [2.75, 3.05) is 0 Å². The summed E-state index contributed by atoms with van der Waals surface area (Å²) in [6.45, 7) is 2.09. The van der Waals surface area contributed by atoms with Crippen LogP contribution in [0.3, 0.4) is 0 Å². The number of nitrogens with one attached hydrogen (secondary N) is 3. The van der Waals surface area contributed by atoms with Gasteiger partial charge in [0.25, 0.3) is 0 Å². The normalized spacial score (nSPS) is 17.2. The molecule has 2 aliphatic rings. The van der Waals surface area contributed by atoms with Crippen molar-refractivity contribution in [2.24, 2.45) is 5.92 Å². The van der Waals surface area contributed by atoms with E-state index in [2.05, 4.69) is 49.5 Å². The minimum absolute atomic E-state index is 0.0532. The molecule has 8 nitrogen and oxygen atoms in total. The van der Waals surface area contributed by atoms with Crippen LogP contribution in [0, 0.1) is 5.92 Å². The summed E-state index contributed by atoms with van der Waals surface area (Å²) < 4.78 is 0. The molecule has 0 aliphatic heterocycles. The number of carbonyl (C=O) groups is 1. The topological polar surface area (TPSA) is 112 Å². The van der Waals surface area contributed by atoms with Gasteiger partial charge in [0.05, 0.1) is 16.7 Å². The highest BCUT2D eigenvalue weighted by Gasteiger charge is 2.30. The third kappa shape index (κ3) is 3.73. The maximum Gasteiger partial charge on any atom is 0.224 e. The summed E-state index contributed by atoms with van der Waals surface area (Å²) >= 11 is 0. The monoisotopic (exact) mass is 437 g/mol. The van der Waals surface area contributed by atoms with Crippen LogP contribution in [0.15, 0.2) is 60.0 Å². The van der Waals surface area contributed by atoms with E-state index >= 15 is 0 Å². The van der Waals surface area contributed by atoms with Crippen LogP contribution in [-0.4, -0.2) is 36.0 Å². The first kappa shape index (κ1) is 19.6. The SMILES string of the molecule is CCCCC(=O)NC1=CC(c2ccc3[nH]nc(-c4nc5ncccc5[nH]4)c3n2)=CC2CC2=C1. The Morgan fingerprint density at radius 1 is 1.18 bits per heavy atom. The number of pyridine rings is 2. The van der Waals surface area contributed by atoms with Crippen LogP contribution < -0.4 is 5.32 Å². The molecule has 0 radical (unpaired) electrons. The highest BCUT2D eigenvalue weighted by Crippen LogP contribution is 2.43. The van der Waals surface area contributed by atoms with E-state index in [1.165, 1.54) is 5.57 Å². The Morgan fingerprint density at radius 3 is 3.00 bits per heavy atom. The Hall–Kier alpha value is -4.07. The predicted octanol–water partition coefficient (Wildman–Crippen LogP) is 4.43. The average Bonchev–Trinajstić information content (AvgIpc) is 3.24. The first-order valence-electron chi connectivity index (χ1n) is 11.3. The van der Waals surface area contributed by atoms with E-state index in [-0.39, 0.29) is 5.91 Å². The number of aromatic amines is 2. The maximum atomic E-state index is 12.3. The van der Waals surface area contributed by atoms with Crippen LogP contribution in [0.1, 0.15) is 38.3 Å². The van der Waals surface area contributed by atoms with Crippen molar-refractivity contribution >= 4 is 33.7 Å². The van der Waals surface area contributed by atoms with Gasteiger partial charge in [-0.25, -0.2) is 15.0 Å². The quantitative estimate of drug-likeness (QED) is 0.413. The summed E-state index contributed by atoms with van der Waals surface area (Å²) in [5.74, 6) is 1.08. The first-order valence-corrected chi connectivity index (χ1v) is 11.3. The predicted molar refractivity (Wildman–Crippen MR) is 127 cm³/mol. The largest absolute Gasteiger partial charge is 0.335 e. The van der Waals surface area contributed by atoms with Gasteiger partial charge in [0.1, 0.15) is 5.52 Å². The highest BCUT2D eigenvalue weighted by atomic mass is 16.1.